The Morgan fingerprint density at radius 1 is 1.28 bits per heavy atom. The highest BCUT2D eigenvalue weighted by molar-refractivity contribution is 6.31. The van der Waals surface area contributed by atoms with Crippen molar-refractivity contribution in [2.75, 3.05) is 12.4 Å². The first-order valence-corrected chi connectivity index (χ1v) is 8.85. The normalized spacial score (nSPS) is 16.0. The highest BCUT2D eigenvalue weighted by Gasteiger charge is 2.32. The van der Waals surface area contributed by atoms with Crippen molar-refractivity contribution in [1.29, 1.82) is 0 Å². The number of anilines is 1. The molecule has 0 unspecified atom stereocenters. The van der Waals surface area contributed by atoms with Crippen molar-refractivity contribution in [3.63, 3.8) is 0 Å². The molecule has 0 saturated carbocycles. The molecule has 29 heavy (non-hydrogen) atoms. The van der Waals surface area contributed by atoms with E-state index in [-0.39, 0.29) is 11.3 Å². The number of nitrogens with zero attached hydrogens (tertiary/aromatic N) is 1. The maximum atomic E-state index is 13.1. The summed E-state index contributed by atoms with van der Waals surface area (Å²) >= 11 is 6.01. The van der Waals surface area contributed by atoms with E-state index < -0.39 is 22.9 Å². The van der Waals surface area contributed by atoms with Gasteiger partial charge in [-0.25, -0.2) is 4.79 Å². The number of non-ortho nitro benzene ring substituents is 1. The highest BCUT2D eigenvalue weighted by atomic mass is 35.5. The molecule has 0 radical (unpaired) electrons. The molecular formula is C19H17ClN4O5. The number of amides is 3. The summed E-state index contributed by atoms with van der Waals surface area (Å²) in [6.45, 7) is 1.58. The summed E-state index contributed by atoms with van der Waals surface area (Å²) in [5, 5.41) is 19.4. The number of carbonyl (C=O) groups excluding carboxylic acids is 2. The minimum Gasteiger partial charge on any atom is -0.495 e. The zero-order chi connectivity index (χ0) is 21.1. The molecule has 2 aromatic rings. The lowest BCUT2D eigenvalue weighted by Gasteiger charge is -2.28. The van der Waals surface area contributed by atoms with Crippen molar-refractivity contribution in [3.8, 4) is 5.75 Å². The van der Waals surface area contributed by atoms with Gasteiger partial charge in [-0.3, -0.25) is 14.9 Å². The number of ether oxygens (including phenoxy) is 1. The molecule has 0 fully saturated rings. The molecule has 0 bridgehead atoms. The fourth-order valence-electron chi connectivity index (χ4n) is 3.03. The van der Waals surface area contributed by atoms with Crippen LogP contribution in [0.25, 0.3) is 0 Å². The maximum absolute atomic E-state index is 13.1. The van der Waals surface area contributed by atoms with E-state index in [1.54, 1.807) is 25.1 Å². The number of rotatable bonds is 5. The Morgan fingerprint density at radius 3 is 2.72 bits per heavy atom. The van der Waals surface area contributed by atoms with Crippen LogP contribution in [-0.2, 0) is 4.79 Å². The molecule has 9 nitrogen and oxygen atoms in total. The molecule has 2 aromatic carbocycles. The molecule has 3 rings (SSSR count). The lowest BCUT2D eigenvalue weighted by Crippen LogP contribution is -2.46. The molecule has 0 spiro atoms. The number of nitrogens with one attached hydrogen (secondary N) is 3. The second-order valence-corrected chi connectivity index (χ2v) is 6.66. The first kappa shape index (κ1) is 20.2. The van der Waals surface area contributed by atoms with Crippen LogP contribution in [0.3, 0.4) is 0 Å². The van der Waals surface area contributed by atoms with Crippen molar-refractivity contribution < 1.29 is 19.2 Å². The number of carbonyl (C=O) groups is 2. The van der Waals surface area contributed by atoms with Crippen molar-refractivity contribution in [3.05, 3.63) is 74.4 Å². The van der Waals surface area contributed by atoms with E-state index in [1.165, 1.54) is 31.4 Å². The van der Waals surface area contributed by atoms with Gasteiger partial charge in [0.1, 0.15) is 5.75 Å². The molecule has 3 amide bonds. The SMILES string of the molecule is COc1ccc(Cl)cc1NC(=O)C1=C(C)NC(=O)N[C@@H]1c1cccc([N+](=O)[O-])c1. The summed E-state index contributed by atoms with van der Waals surface area (Å²) in [4.78, 5) is 35.6. The zero-order valence-electron chi connectivity index (χ0n) is 15.5. The zero-order valence-corrected chi connectivity index (χ0v) is 16.2. The Morgan fingerprint density at radius 2 is 2.03 bits per heavy atom. The van der Waals surface area contributed by atoms with E-state index in [0.717, 1.165) is 0 Å². The standard InChI is InChI=1S/C19H17ClN4O5/c1-10-16(18(25)22-14-9-12(20)6-7-15(14)29-2)17(23-19(26)21-10)11-4-3-5-13(8-11)24(27)28/h3-9,17H,1-2H3,(H,22,25)(H2,21,23,26)/t17-/m1/s1. The second-order valence-electron chi connectivity index (χ2n) is 6.22. The number of nitro groups is 1. The smallest absolute Gasteiger partial charge is 0.319 e. The number of nitro benzene ring substituents is 1. The van der Waals surface area contributed by atoms with Gasteiger partial charge in [0.2, 0.25) is 0 Å². The Bertz CT molecular complexity index is 1040. The van der Waals surface area contributed by atoms with E-state index in [1.807, 2.05) is 0 Å². The fraction of sp³-hybridized carbons (Fsp3) is 0.158. The number of benzene rings is 2. The molecule has 1 aliphatic rings. The molecular weight excluding hydrogens is 400 g/mol. The topological polar surface area (TPSA) is 123 Å². The van der Waals surface area contributed by atoms with E-state index in [2.05, 4.69) is 16.0 Å². The molecule has 0 saturated heterocycles. The van der Waals surface area contributed by atoms with Gasteiger partial charge in [0.25, 0.3) is 11.6 Å². The summed E-state index contributed by atoms with van der Waals surface area (Å²) in [6, 6.07) is 9.11. The van der Waals surface area contributed by atoms with Gasteiger partial charge in [-0.2, -0.15) is 0 Å². The maximum Gasteiger partial charge on any atom is 0.319 e. The van der Waals surface area contributed by atoms with Crippen LogP contribution in [0.4, 0.5) is 16.2 Å². The summed E-state index contributed by atoms with van der Waals surface area (Å²) < 4.78 is 5.24. The molecule has 0 aliphatic carbocycles. The molecule has 0 aromatic heterocycles. The number of allylic oxidation sites excluding steroid dienone is 1. The highest BCUT2D eigenvalue weighted by Crippen LogP contribution is 2.32. The first-order valence-electron chi connectivity index (χ1n) is 8.47. The Balaban J connectivity index is 2.00. The first-order chi connectivity index (χ1) is 13.8. The van der Waals surface area contributed by atoms with E-state index in [9.17, 15) is 19.7 Å². The van der Waals surface area contributed by atoms with Gasteiger partial charge in [-0.15, -0.1) is 0 Å². The Kier molecular flexibility index (Phi) is 5.69. The molecule has 1 atom stereocenters. The van der Waals surface area contributed by atoms with E-state index in [0.29, 0.717) is 27.7 Å². The number of halogens is 1. The lowest BCUT2D eigenvalue weighted by molar-refractivity contribution is -0.384. The number of urea groups is 1. The third-order valence-corrected chi connectivity index (χ3v) is 4.57. The third-order valence-electron chi connectivity index (χ3n) is 4.34. The van der Waals surface area contributed by atoms with Crippen LogP contribution >= 0.6 is 11.6 Å². The predicted octanol–water partition coefficient (Wildman–Crippen LogP) is 3.52. The van der Waals surface area contributed by atoms with Gasteiger partial charge in [0.15, 0.2) is 0 Å². The Labute approximate surface area is 170 Å². The quantitative estimate of drug-likeness (QED) is 0.508. The average molecular weight is 417 g/mol. The third kappa shape index (κ3) is 4.30. The van der Waals surface area contributed by atoms with Crippen LogP contribution < -0.4 is 20.7 Å². The molecule has 10 heteroatoms. The fourth-order valence-corrected chi connectivity index (χ4v) is 3.20. The van der Waals surface area contributed by atoms with Crippen molar-refractivity contribution in [2.45, 2.75) is 13.0 Å². The molecule has 1 aliphatic heterocycles. The average Bonchev–Trinajstić information content (AvgIpc) is 2.67. The van der Waals surface area contributed by atoms with Crippen LogP contribution in [-0.4, -0.2) is 24.0 Å². The van der Waals surface area contributed by atoms with Gasteiger partial charge in [0.05, 0.1) is 29.3 Å². The van der Waals surface area contributed by atoms with E-state index >= 15 is 0 Å². The van der Waals surface area contributed by atoms with Crippen LogP contribution in [0.2, 0.25) is 5.02 Å². The molecule has 3 N–H and O–H groups in total. The van der Waals surface area contributed by atoms with Crippen LogP contribution in [0.1, 0.15) is 18.5 Å². The monoisotopic (exact) mass is 416 g/mol. The molecule has 1 heterocycles. The number of hydrogen-bond donors (Lipinski definition) is 3. The van der Waals surface area contributed by atoms with Crippen LogP contribution in [0.15, 0.2) is 53.7 Å². The second kappa shape index (κ2) is 8.19. The minimum atomic E-state index is -0.881. The van der Waals surface area contributed by atoms with Crippen molar-refractivity contribution in [2.24, 2.45) is 0 Å². The van der Waals surface area contributed by atoms with Gasteiger partial charge in [-0.1, -0.05) is 23.7 Å². The van der Waals surface area contributed by atoms with Crippen LogP contribution in [0.5, 0.6) is 5.75 Å². The summed E-state index contributed by atoms with van der Waals surface area (Å²) in [5.41, 5.74) is 1.12. The van der Waals surface area contributed by atoms with E-state index in [4.69, 9.17) is 16.3 Å². The number of hydrogen-bond acceptors (Lipinski definition) is 5. The summed E-state index contributed by atoms with van der Waals surface area (Å²) in [6.07, 6.45) is 0. The van der Waals surface area contributed by atoms with Crippen molar-refractivity contribution >= 4 is 34.9 Å². The largest absolute Gasteiger partial charge is 0.495 e. The summed E-state index contributed by atoms with van der Waals surface area (Å²) in [5.74, 6) is -0.118. The predicted molar refractivity (Wildman–Crippen MR) is 107 cm³/mol. The molecule has 150 valence electrons. The van der Waals surface area contributed by atoms with Gasteiger partial charge < -0.3 is 20.7 Å². The van der Waals surface area contributed by atoms with Crippen molar-refractivity contribution in [1.82, 2.24) is 10.6 Å². The number of methoxy groups -OCH3 is 1. The van der Waals surface area contributed by atoms with Crippen LogP contribution in [0, 0.1) is 10.1 Å². The Hall–Kier alpha value is -3.59. The lowest BCUT2D eigenvalue weighted by atomic mass is 9.94. The van der Waals surface area contributed by atoms with Gasteiger partial charge >= 0.3 is 6.03 Å². The van der Waals surface area contributed by atoms with Gasteiger partial charge in [-0.05, 0) is 30.7 Å². The minimum absolute atomic E-state index is 0.149. The summed E-state index contributed by atoms with van der Waals surface area (Å²) in [7, 11) is 1.46. The van der Waals surface area contributed by atoms with Gasteiger partial charge in [0, 0.05) is 22.9 Å².